The molecule has 1 atom stereocenters. The van der Waals surface area contributed by atoms with Crippen LogP contribution >= 0.6 is 11.3 Å². The Kier molecular flexibility index (Phi) is 4.32. The molecule has 0 saturated carbocycles. The normalized spacial score (nSPS) is 22.5. The van der Waals surface area contributed by atoms with Crippen molar-refractivity contribution in [1.29, 1.82) is 0 Å². The molecule has 16 heavy (non-hydrogen) atoms. The van der Waals surface area contributed by atoms with Crippen LogP contribution in [0.4, 0.5) is 0 Å². The van der Waals surface area contributed by atoms with Crippen LogP contribution in [0.25, 0.3) is 0 Å². The van der Waals surface area contributed by atoms with Crippen LogP contribution in [0.5, 0.6) is 0 Å². The Morgan fingerprint density at radius 2 is 2.44 bits per heavy atom. The molecular formula is C12H21N3S. The van der Waals surface area contributed by atoms with Gasteiger partial charge in [0, 0.05) is 24.3 Å². The monoisotopic (exact) mass is 239 g/mol. The molecule has 3 nitrogen and oxygen atoms in total. The van der Waals surface area contributed by atoms with Crippen molar-refractivity contribution in [2.75, 3.05) is 20.1 Å². The zero-order chi connectivity index (χ0) is 11.4. The zero-order valence-electron chi connectivity index (χ0n) is 9.98. The lowest BCUT2D eigenvalue weighted by Gasteiger charge is -2.31. The van der Waals surface area contributed by atoms with E-state index in [4.69, 9.17) is 5.73 Å². The van der Waals surface area contributed by atoms with Crippen molar-refractivity contribution in [3.63, 3.8) is 0 Å². The van der Waals surface area contributed by atoms with E-state index in [9.17, 15) is 0 Å². The highest BCUT2D eigenvalue weighted by molar-refractivity contribution is 7.09. The highest BCUT2D eigenvalue weighted by atomic mass is 32.1. The van der Waals surface area contributed by atoms with Gasteiger partial charge in [0.25, 0.3) is 0 Å². The third-order valence-electron chi connectivity index (χ3n) is 3.33. The van der Waals surface area contributed by atoms with E-state index in [1.165, 1.54) is 36.5 Å². The van der Waals surface area contributed by atoms with Crippen LogP contribution in [-0.2, 0) is 12.8 Å². The number of hydrogen-bond acceptors (Lipinski definition) is 4. The van der Waals surface area contributed by atoms with Crippen molar-refractivity contribution in [1.82, 2.24) is 9.88 Å². The Balaban J connectivity index is 1.91. The summed E-state index contributed by atoms with van der Waals surface area (Å²) in [5.41, 5.74) is 6.70. The number of nitrogens with two attached hydrogens (primary N) is 1. The van der Waals surface area contributed by atoms with E-state index in [2.05, 4.69) is 22.3 Å². The van der Waals surface area contributed by atoms with Crippen molar-refractivity contribution in [3.8, 4) is 0 Å². The lowest BCUT2D eigenvalue weighted by atomic mass is 10.0. The molecule has 0 bridgehead atoms. The van der Waals surface area contributed by atoms with E-state index < -0.39 is 0 Å². The minimum Gasteiger partial charge on any atom is -0.330 e. The molecule has 90 valence electrons. The minimum atomic E-state index is 0.700. The van der Waals surface area contributed by atoms with Crippen molar-refractivity contribution >= 4 is 11.3 Å². The quantitative estimate of drug-likeness (QED) is 0.869. The summed E-state index contributed by atoms with van der Waals surface area (Å²) >= 11 is 1.79. The molecule has 1 saturated heterocycles. The zero-order valence-corrected chi connectivity index (χ0v) is 10.8. The maximum Gasteiger partial charge on any atom is 0.0943 e. The number of likely N-dealkylation sites (N-methyl/N-ethyl adjacent to an activating group) is 1. The van der Waals surface area contributed by atoms with Crippen LogP contribution in [0.2, 0.25) is 0 Å². The average Bonchev–Trinajstić information content (AvgIpc) is 2.70. The van der Waals surface area contributed by atoms with Crippen LogP contribution in [0.15, 0.2) is 5.38 Å². The second-order valence-electron chi connectivity index (χ2n) is 4.61. The van der Waals surface area contributed by atoms with Crippen LogP contribution in [0.1, 0.15) is 30.0 Å². The van der Waals surface area contributed by atoms with Gasteiger partial charge in [0.2, 0.25) is 0 Å². The first-order chi connectivity index (χ1) is 7.79. The van der Waals surface area contributed by atoms with Gasteiger partial charge < -0.3 is 10.6 Å². The number of likely N-dealkylation sites (tertiary alicyclic amines) is 1. The van der Waals surface area contributed by atoms with Gasteiger partial charge in [-0.1, -0.05) is 6.42 Å². The molecule has 0 radical (unpaired) electrons. The molecule has 2 rings (SSSR count). The molecular weight excluding hydrogens is 218 g/mol. The maximum atomic E-state index is 5.53. The van der Waals surface area contributed by atoms with Gasteiger partial charge in [0.1, 0.15) is 0 Å². The van der Waals surface area contributed by atoms with Gasteiger partial charge in [-0.2, -0.15) is 0 Å². The Hall–Kier alpha value is -0.450. The number of aromatic nitrogens is 1. The Bertz CT molecular complexity index is 324. The molecule has 1 aliphatic rings. The second kappa shape index (κ2) is 5.75. The standard InChI is InChI=1S/C12H21N3S/c1-15-7-3-2-4-11(15)8-12-14-10(5-6-13)9-16-12/h9,11H,2-8,13H2,1H3. The molecule has 0 aromatic carbocycles. The van der Waals surface area contributed by atoms with Gasteiger partial charge >= 0.3 is 0 Å². The summed E-state index contributed by atoms with van der Waals surface area (Å²) in [6, 6.07) is 0.700. The van der Waals surface area contributed by atoms with Gasteiger partial charge in [-0.15, -0.1) is 11.3 Å². The van der Waals surface area contributed by atoms with Crippen LogP contribution in [0.3, 0.4) is 0 Å². The summed E-state index contributed by atoms with van der Waals surface area (Å²) < 4.78 is 0. The third kappa shape index (κ3) is 3.03. The summed E-state index contributed by atoms with van der Waals surface area (Å²) in [5.74, 6) is 0. The molecule has 0 amide bonds. The van der Waals surface area contributed by atoms with Gasteiger partial charge in [-0.25, -0.2) is 4.98 Å². The van der Waals surface area contributed by atoms with Crippen molar-refractivity contribution in [3.05, 3.63) is 16.1 Å². The SMILES string of the molecule is CN1CCCCC1Cc1nc(CCN)cs1. The number of hydrogen-bond donors (Lipinski definition) is 1. The third-order valence-corrected chi connectivity index (χ3v) is 4.25. The summed E-state index contributed by atoms with van der Waals surface area (Å²) in [5, 5.41) is 3.44. The largest absolute Gasteiger partial charge is 0.330 e. The molecule has 1 aliphatic heterocycles. The summed E-state index contributed by atoms with van der Waals surface area (Å²) in [6.45, 7) is 1.94. The van der Waals surface area contributed by atoms with Crippen molar-refractivity contribution in [2.45, 2.75) is 38.1 Å². The fourth-order valence-corrected chi connectivity index (χ4v) is 3.21. The number of nitrogens with zero attached hydrogens (tertiary/aromatic N) is 2. The number of rotatable bonds is 4. The smallest absolute Gasteiger partial charge is 0.0943 e. The Morgan fingerprint density at radius 1 is 1.56 bits per heavy atom. The first-order valence-corrected chi connectivity index (χ1v) is 7.01. The lowest BCUT2D eigenvalue weighted by Crippen LogP contribution is -2.37. The summed E-state index contributed by atoms with van der Waals surface area (Å²) in [7, 11) is 2.23. The Labute approximate surface area is 102 Å². The summed E-state index contributed by atoms with van der Waals surface area (Å²) in [4.78, 5) is 7.12. The van der Waals surface area contributed by atoms with Crippen molar-refractivity contribution in [2.24, 2.45) is 5.73 Å². The molecule has 2 heterocycles. The highest BCUT2D eigenvalue weighted by Crippen LogP contribution is 2.21. The first kappa shape index (κ1) is 12.0. The van der Waals surface area contributed by atoms with Crippen LogP contribution in [0, 0.1) is 0 Å². The summed E-state index contributed by atoms with van der Waals surface area (Å²) in [6.07, 6.45) is 6.07. The molecule has 1 fully saturated rings. The van der Waals surface area contributed by atoms with Gasteiger partial charge in [0.05, 0.1) is 10.7 Å². The van der Waals surface area contributed by atoms with Crippen LogP contribution < -0.4 is 5.73 Å². The van der Waals surface area contributed by atoms with E-state index in [0.717, 1.165) is 12.8 Å². The van der Waals surface area contributed by atoms with Crippen LogP contribution in [-0.4, -0.2) is 36.1 Å². The predicted molar refractivity (Wildman–Crippen MR) is 68.8 cm³/mol. The average molecular weight is 239 g/mol. The Morgan fingerprint density at radius 3 is 3.19 bits per heavy atom. The predicted octanol–water partition coefficient (Wildman–Crippen LogP) is 1.67. The molecule has 1 aromatic heterocycles. The van der Waals surface area contributed by atoms with Gasteiger partial charge in [0.15, 0.2) is 0 Å². The van der Waals surface area contributed by atoms with E-state index in [1.807, 2.05) is 0 Å². The van der Waals surface area contributed by atoms with E-state index in [-0.39, 0.29) is 0 Å². The first-order valence-electron chi connectivity index (χ1n) is 6.13. The molecule has 1 unspecified atom stereocenters. The lowest BCUT2D eigenvalue weighted by molar-refractivity contribution is 0.184. The minimum absolute atomic E-state index is 0.700. The number of piperidine rings is 1. The fraction of sp³-hybridized carbons (Fsp3) is 0.750. The number of thiazole rings is 1. The van der Waals surface area contributed by atoms with Crippen molar-refractivity contribution < 1.29 is 0 Å². The molecule has 1 aromatic rings. The van der Waals surface area contributed by atoms with E-state index >= 15 is 0 Å². The molecule has 0 spiro atoms. The van der Waals surface area contributed by atoms with E-state index in [1.54, 1.807) is 11.3 Å². The topological polar surface area (TPSA) is 42.2 Å². The molecule has 0 aliphatic carbocycles. The molecule has 4 heteroatoms. The second-order valence-corrected chi connectivity index (χ2v) is 5.55. The maximum absolute atomic E-state index is 5.53. The fourth-order valence-electron chi connectivity index (χ4n) is 2.31. The van der Waals surface area contributed by atoms with Gasteiger partial charge in [-0.05, 0) is 33.0 Å². The highest BCUT2D eigenvalue weighted by Gasteiger charge is 2.20. The molecule has 2 N–H and O–H groups in total. The van der Waals surface area contributed by atoms with Gasteiger partial charge in [-0.3, -0.25) is 0 Å². The van der Waals surface area contributed by atoms with E-state index in [0.29, 0.717) is 12.6 Å².